The molecular weight excluding hydrogens is 256 g/mol. The van der Waals surface area contributed by atoms with Crippen molar-refractivity contribution in [1.29, 1.82) is 0 Å². The van der Waals surface area contributed by atoms with Gasteiger partial charge in [0, 0.05) is 0 Å². The summed E-state index contributed by atoms with van der Waals surface area (Å²) in [7, 11) is 0. The lowest BCUT2D eigenvalue weighted by Crippen LogP contribution is -2.49. The Kier molecular flexibility index (Phi) is 14.8. The molecule has 0 amide bonds. The number of hydrogen-bond acceptors (Lipinski definition) is 2. The molecule has 0 aliphatic heterocycles. The molecule has 2 heteroatoms. The van der Waals surface area contributed by atoms with Gasteiger partial charge in [-0.3, -0.25) is 0 Å². The Bertz CT molecular complexity index is 202. The van der Waals surface area contributed by atoms with Gasteiger partial charge in [-0.05, 0) is 12.8 Å². The fraction of sp³-hybridized carbons (Fsp3) is 1.00. The largest absolute Gasteiger partial charge is 0.313 e. The molecule has 0 saturated carbocycles. The van der Waals surface area contributed by atoms with Crippen molar-refractivity contribution in [2.45, 2.75) is 122 Å². The van der Waals surface area contributed by atoms with Crippen LogP contribution >= 0.6 is 0 Å². The van der Waals surface area contributed by atoms with E-state index in [1.807, 2.05) is 0 Å². The van der Waals surface area contributed by atoms with E-state index >= 15 is 0 Å². The minimum Gasteiger partial charge on any atom is -0.313 e. The van der Waals surface area contributed by atoms with Crippen LogP contribution in [0.4, 0.5) is 0 Å². The molecule has 0 aromatic rings. The smallest absolute Gasteiger partial charge is 0.0636 e. The molecule has 0 radical (unpaired) electrons. The maximum absolute atomic E-state index is 6.16. The van der Waals surface area contributed by atoms with Crippen LogP contribution in [0.5, 0.6) is 0 Å². The minimum atomic E-state index is -0.408. The van der Waals surface area contributed by atoms with E-state index in [1.54, 1.807) is 0 Å². The molecule has 0 unspecified atom stereocenters. The van der Waals surface area contributed by atoms with Gasteiger partial charge in [0.25, 0.3) is 0 Å². The van der Waals surface area contributed by atoms with Crippen LogP contribution in [0.15, 0.2) is 0 Å². The van der Waals surface area contributed by atoms with E-state index in [-0.39, 0.29) is 0 Å². The fourth-order valence-electron chi connectivity index (χ4n) is 2.95. The summed E-state index contributed by atoms with van der Waals surface area (Å²) in [5.74, 6) is 0. The molecule has 0 aliphatic rings. The maximum atomic E-state index is 6.16. The molecule has 4 N–H and O–H groups in total. The molecule has 0 bridgehead atoms. The zero-order valence-electron chi connectivity index (χ0n) is 15.0. The third-order valence-corrected chi connectivity index (χ3v) is 4.49. The first-order valence-corrected chi connectivity index (χ1v) is 9.70. The molecule has 0 aromatic heterocycles. The average Bonchev–Trinajstić information content (AvgIpc) is 2.45. The maximum Gasteiger partial charge on any atom is 0.0636 e. The summed E-state index contributed by atoms with van der Waals surface area (Å²) in [6.07, 6.45) is 20.8. The molecule has 0 saturated heterocycles. The normalized spacial score (nSPS) is 12.0. The van der Waals surface area contributed by atoms with Crippen LogP contribution in [-0.2, 0) is 0 Å². The Morgan fingerprint density at radius 3 is 1.19 bits per heavy atom. The SMILES string of the molecule is CCCCCCCCCCCCCC(N)(N)CCCCC. The highest BCUT2D eigenvalue weighted by Crippen LogP contribution is 2.16. The monoisotopic (exact) mass is 298 g/mol. The van der Waals surface area contributed by atoms with Crippen LogP contribution in [0.25, 0.3) is 0 Å². The lowest BCUT2D eigenvalue weighted by atomic mass is 9.96. The number of rotatable bonds is 16. The van der Waals surface area contributed by atoms with E-state index in [2.05, 4.69) is 13.8 Å². The van der Waals surface area contributed by atoms with Gasteiger partial charge in [0.15, 0.2) is 0 Å². The number of unbranched alkanes of at least 4 members (excludes halogenated alkanes) is 12. The minimum absolute atomic E-state index is 0.408. The van der Waals surface area contributed by atoms with Gasteiger partial charge in [0.2, 0.25) is 0 Å². The molecule has 0 fully saturated rings. The molecule has 0 atom stereocenters. The van der Waals surface area contributed by atoms with Crippen molar-refractivity contribution in [3.05, 3.63) is 0 Å². The Morgan fingerprint density at radius 2 is 0.762 bits per heavy atom. The Labute approximate surface area is 134 Å². The van der Waals surface area contributed by atoms with Crippen molar-refractivity contribution in [2.24, 2.45) is 11.5 Å². The Balaban J connectivity index is 3.23. The first-order chi connectivity index (χ1) is 10.1. The summed E-state index contributed by atoms with van der Waals surface area (Å²) in [5.41, 5.74) is 11.9. The second-order valence-electron chi connectivity index (χ2n) is 6.98. The molecule has 21 heavy (non-hydrogen) atoms. The van der Waals surface area contributed by atoms with E-state index in [1.165, 1.54) is 89.9 Å². The zero-order chi connectivity index (χ0) is 15.8. The van der Waals surface area contributed by atoms with E-state index in [4.69, 9.17) is 11.5 Å². The van der Waals surface area contributed by atoms with Gasteiger partial charge < -0.3 is 11.5 Å². The predicted molar refractivity (Wildman–Crippen MR) is 96.3 cm³/mol. The molecule has 0 spiro atoms. The van der Waals surface area contributed by atoms with Crippen LogP contribution in [0, 0.1) is 0 Å². The summed E-state index contributed by atoms with van der Waals surface area (Å²) in [6, 6.07) is 0. The highest BCUT2D eigenvalue weighted by molar-refractivity contribution is 4.76. The second kappa shape index (κ2) is 14.8. The van der Waals surface area contributed by atoms with Gasteiger partial charge in [-0.15, -0.1) is 0 Å². The third kappa shape index (κ3) is 16.1. The standard InChI is InChI=1S/C19H42N2/c1-3-5-7-8-9-10-11-12-13-14-16-18-19(20,21)17-15-6-4-2/h3-18,20-21H2,1-2H3. The molecule has 2 nitrogen and oxygen atoms in total. The van der Waals surface area contributed by atoms with Crippen LogP contribution in [0.1, 0.15) is 117 Å². The summed E-state index contributed by atoms with van der Waals surface area (Å²) in [4.78, 5) is 0. The van der Waals surface area contributed by atoms with Crippen molar-refractivity contribution in [3.8, 4) is 0 Å². The van der Waals surface area contributed by atoms with Crippen LogP contribution < -0.4 is 11.5 Å². The first-order valence-electron chi connectivity index (χ1n) is 9.70. The van der Waals surface area contributed by atoms with E-state index in [9.17, 15) is 0 Å². The second-order valence-corrected chi connectivity index (χ2v) is 6.98. The summed E-state index contributed by atoms with van der Waals surface area (Å²) in [6.45, 7) is 4.50. The summed E-state index contributed by atoms with van der Waals surface area (Å²) in [5, 5.41) is 0. The summed E-state index contributed by atoms with van der Waals surface area (Å²) < 4.78 is 0. The topological polar surface area (TPSA) is 52.0 Å². The summed E-state index contributed by atoms with van der Waals surface area (Å²) >= 11 is 0. The van der Waals surface area contributed by atoms with E-state index < -0.39 is 5.66 Å². The van der Waals surface area contributed by atoms with E-state index in [0.717, 1.165) is 12.8 Å². The van der Waals surface area contributed by atoms with Crippen molar-refractivity contribution >= 4 is 0 Å². The van der Waals surface area contributed by atoms with Gasteiger partial charge in [-0.1, -0.05) is 104 Å². The highest BCUT2D eigenvalue weighted by Gasteiger charge is 2.17. The van der Waals surface area contributed by atoms with Gasteiger partial charge in [-0.2, -0.15) is 0 Å². The quantitative estimate of drug-likeness (QED) is 0.276. The average molecular weight is 299 g/mol. The molecule has 0 aromatic carbocycles. The highest BCUT2D eigenvalue weighted by atomic mass is 14.9. The predicted octanol–water partition coefficient (Wildman–Crippen LogP) is 5.88. The Morgan fingerprint density at radius 1 is 0.476 bits per heavy atom. The van der Waals surface area contributed by atoms with Crippen LogP contribution in [0.2, 0.25) is 0 Å². The van der Waals surface area contributed by atoms with Gasteiger partial charge in [-0.25, -0.2) is 0 Å². The number of hydrogen-bond donors (Lipinski definition) is 2. The van der Waals surface area contributed by atoms with Gasteiger partial charge in [0.1, 0.15) is 0 Å². The van der Waals surface area contributed by atoms with Crippen molar-refractivity contribution in [1.82, 2.24) is 0 Å². The molecule has 0 aliphatic carbocycles. The molecular formula is C19H42N2. The molecule has 0 heterocycles. The Hall–Kier alpha value is -0.0800. The lowest BCUT2D eigenvalue weighted by Gasteiger charge is -2.24. The van der Waals surface area contributed by atoms with E-state index in [0.29, 0.717) is 0 Å². The van der Waals surface area contributed by atoms with Crippen molar-refractivity contribution in [3.63, 3.8) is 0 Å². The van der Waals surface area contributed by atoms with Crippen LogP contribution in [0.3, 0.4) is 0 Å². The van der Waals surface area contributed by atoms with Crippen LogP contribution in [-0.4, -0.2) is 5.66 Å². The molecule has 128 valence electrons. The zero-order valence-corrected chi connectivity index (χ0v) is 15.0. The first kappa shape index (κ1) is 20.9. The number of nitrogens with two attached hydrogens (primary N) is 2. The lowest BCUT2D eigenvalue weighted by molar-refractivity contribution is 0.347. The third-order valence-electron chi connectivity index (χ3n) is 4.49. The van der Waals surface area contributed by atoms with Crippen molar-refractivity contribution < 1.29 is 0 Å². The van der Waals surface area contributed by atoms with Gasteiger partial charge in [0.05, 0.1) is 5.66 Å². The van der Waals surface area contributed by atoms with Crippen molar-refractivity contribution in [2.75, 3.05) is 0 Å². The van der Waals surface area contributed by atoms with Gasteiger partial charge >= 0.3 is 0 Å². The molecule has 0 rings (SSSR count). The fourth-order valence-corrected chi connectivity index (χ4v) is 2.95.